The van der Waals surface area contributed by atoms with Crippen LogP contribution in [0.1, 0.15) is 20.8 Å². The molecule has 0 aliphatic heterocycles. The maximum absolute atomic E-state index is 11.3. The van der Waals surface area contributed by atoms with E-state index in [4.69, 9.17) is 4.74 Å². The molecule has 5 heteroatoms. The van der Waals surface area contributed by atoms with Gasteiger partial charge in [-0.15, -0.1) is 0 Å². The Morgan fingerprint density at radius 2 is 2.00 bits per heavy atom. The topological polar surface area (TPSA) is 52.1 Å². The van der Waals surface area contributed by atoms with Crippen molar-refractivity contribution in [2.24, 2.45) is 0 Å². The van der Waals surface area contributed by atoms with E-state index in [1.54, 1.807) is 18.5 Å². The second-order valence-electron chi connectivity index (χ2n) is 3.91. The molecule has 1 rings (SSSR count). The molecule has 4 nitrogen and oxygen atoms in total. The van der Waals surface area contributed by atoms with Gasteiger partial charge in [-0.25, -0.2) is 9.97 Å². The normalized spacial score (nSPS) is 11.1. The van der Waals surface area contributed by atoms with E-state index >= 15 is 0 Å². The smallest absolute Gasteiger partial charge is 0.316 e. The van der Waals surface area contributed by atoms with Gasteiger partial charge in [0, 0.05) is 12.4 Å². The molecule has 82 valence electrons. The first-order chi connectivity index (χ1) is 6.97. The Bertz CT molecular complexity index is 322. The van der Waals surface area contributed by atoms with Crippen LogP contribution in [-0.2, 0) is 9.53 Å². The predicted octanol–water partition coefficient (Wildman–Crippen LogP) is 1.91. The number of esters is 1. The fourth-order valence-corrected chi connectivity index (χ4v) is 1.43. The van der Waals surface area contributed by atoms with E-state index in [1.807, 2.05) is 20.8 Å². The molecule has 0 unspecified atom stereocenters. The molecule has 0 N–H and O–H groups in total. The van der Waals surface area contributed by atoms with Crippen molar-refractivity contribution in [3.63, 3.8) is 0 Å². The molecule has 0 atom stereocenters. The molecule has 0 aliphatic carbocycles. The number of carbonyl (C=O) groups excluding carboxylic acids is 1. The molecule has 0 bridgehead atoms. The molecule has 1 aromatic rings. The van der Waals surface area contributed by atoms with Gasteiger partial charge in [-0.2, -0.15) is 0 Å². The van der Waals surface area contributed by atoms with Gasteiger partial charge in [0.05, 0.1) is 5.75 Å². The minimum absolute atomic E-state index is 0.237. The van der Waals surface area contributed by atoms with Crippen LogP contribution in [0.3, 0.4) is 0 Å². The third-order valence-corrected chi connectivity index (χ3v) is 2.13. The van der Waals surface area contributed by atoms with Crippen molar-refractivity contribution < 1.29 is 9.53 Å². The van der Waals surface area contributed by atoms with Gasteiger partial charge in [0.2, 0.25) is 0 Å². The number of ether oxygens (including phenoxy) is 1. The van der Waals surface area contributed by atoms with Crippen molar-refractivity contribution >= 4 is 17.7 Å². The molecule has 0 amide bonds. The Hall–Kier alpha value is -1.10. The Morgan fingerprint density at radius 1 is 1.40 bits per heavy atom. The first kappa shape index (κ1) is 12.0. The predicted molar refractivity (Wildman–Crippen MR) is 58.6 cm³/mol. The largest absolute Gasteiger partial charge is 0.459 e. The van der Waals surface area contributed by atoms with Gasteiger partial charge < -0.3 is 4.74 Å². The van der Waals surface area contributed by atoms with E-state index in [-0.39, 0.29) is 11.7 Å². The maximum atomic E-state index is 11.3. The van der Waals surface area contributed by atoms with Crippen molar-refractivity contribution in [3.8, 4) is 0 Å². The van der Waals surface area contributed by atoms with E-state index in [2.05, 4.69) is 9.97 Å². The zero-order valence-corrected chi connectivity index (χ0v) is 9.87. The van der Waals surface area contributed by atoms with Crippen LogP contribution in [-0.4, -0.2) is 27.3 Å². The van der Waals surface area contributed by atoms with Gasteiger partial charge in [-0.3, -0.25) is 4.79 Å². The molecular formula is C10H14N2O2S. The standard InChI is InChI=1S/C10H14N2O2S/c1-10(2,3)14-8(13)7-15-9-11-5-4-6-12-9/h4-6H,7H2,1-3H3. The van der Waals surface area contributed by atoms with Crippen molar-refractivity contribution in [2.75, 3.05) is 5.75 Å². The van der Waals surface area contributed by atoms with Crippen molar-refractivity contribution in [1.29, 1.82) is 0 Å². The second kappa shape index (κ2) is 5.11. The molecule has 0 fully saturated rings. The molecule has 0 aromatic carbocycles. The van der Waals surface area contributed by atoms with E-state index in [1.165, 1.54) is 11.8 Å². The average Bonchev–Trinajstić information content (AvgIpc) is 2.14. The third-order valence-electron chi connectivity index (χ3n) is 1.28. The number of hydrogen-bond donors (Lipinski definition) is 0. The van der Waals surface area contributed by atoms with Crippen LogP contribution in [0.15, 0.2) is 23.6 Å². The van der Waals surface area contributed by atoms with Crippen LogP contribution >= 0.6 is 11.8 Å². The van der Waals surface area contributed by atoms with Gasteiger partial charge in [-0.1, -0.05) is 11.8 Å². The summed E-state index contributed by atoms with van der Waals surface area (Å²) in [6.45, 7) is 5.53. The van der Waals surface area contributed by atoms with Gasteiger partial charge >= 0.3 is 5.97 Å². The molecule has 0 spiro atoms. The lowest BCUT2D eigenvalue weighted by Crippen LogP contribution is -2.24. The van der Waals surface area contributed by atoms with Crippen LogP contribution in [0.4, 0.5) is 0 Å². The van der Waals surface area contributed by atoms with Gasteiger partial charge in [0.25, 0.3) is 0 Å². The van der Waals surface area contributed by atoms with Gasteiger partial charge in [-0.05, 0) is 26.8 Å². The Morgan fingerprint density at radius 3 is 2.53 bits per heavy atom. The van der Waals surface area contributed by atoms with Crippen LogP contribution in [0.25, 0.3) is 0 Å². The highest BCUT2D eigenvalue weighted by atomic mass is 32.2. The average molecular weight is 226 g/mol. The summed E-state index contributed by atoms with van der Waals surface area (Å²) in [7, 11) is 0. The lowest BCUT2D eigenvalue weighted by atomic mass is 10.2. The maximum Gasteiger partial charge on any atom is 0.316 e. The van der Waals surface area contributed by atoms with Crippen molar-refractivity contribution in [2.45, 2.75) is 31.5 Å². The fraction of sp³-hybridized carbons (Fsp3) is 0.500. The third kappa shape index (κ3) is 5.37. The highest BCUT2D eigenvalue weighted by molar-refractivity contribution is 7.99. The number of hydrogen-bond acceptors (Lipinski definition) is 5. The zero-order chi connectivity index (χ0) is 11.3. The Balaban J connectivity index is 2.35. The van der Waals surface area contributed by atoms with E-state index in [0.717, 1.165) is 0 Å². The lowest BCUT2D eigenvalue weighted by molar-refractivity contribution is -0.151. The van der Waals surface area contributed by atoms with Crippen molar-refractivity contribution in [3.05, 3.63) is 18.5 Å². The minimum atomic E-state index is -0.435. The summed E-state index contributed by atoms with van der Waals surface area (Å²) in [5, 5.41) is 0.586. The van der Waals surface area contributed by atoms with Crippen LogP contribution in [0, 0.1) is 0 Å². The Labute approximate surface area is 93.5 Å². The van der Waals surface area contributed by atoms with Crippen LogP contribution < -0.4 is 0 Å². The summed E-state index contributed by atoms with van der Waals surface area (Å²) in [6, 6.07) is 1.73. The van der Waals surface area contributed by atoms with E-state index < -0.39 is 5.60 Å². The van der Waals surface area contributed by atoms with E-state index in [9.17, 15) is 4.79 Å². The number of carbonyl (C=O) groups is 1. The Kier molecular flexibility index (Phi) is 4.08. The number of rotatable bonds is 3. The lowest BCUT2D eigenvalue weighted by Gasteiger charge is -2.18. The van der Waals surface area contributed by atoms with Crippen molar-refractivity contribution in [1.82, 2.24) is 9.97 Å². The summed E-state index contributed by atoms with van der Waals surface area (Å²) < 4.78 is 5.14. The summed E-state index contributed by atoms with van der Waals surface area (Å²) in [5.41, 5.74) is -0.435. The molecular weight excluding hydrogens is 212 g/mol. The molecule has 1 heterocycles. The van der Waals surface area contributed by atoms with Gasteiger partial charge in [0.15, 0.2) is 5.16 Å². The summed E-state index contributed by atoms with van der Waals surface area (Å²) in [6.07, 6.45) is 3.29. The SMILES string of the molecule is CC(C)(C)OC(=O)CSc1ncccn1. The molecule has 0 saturated carbocycles. The molecule has 0 radical (unpaired) electrons. The molecule has 0 aliphatic rings. The summed E-state index contributed by atoms with van der Waals surface area (Å²) in [4.78, 5) is 19.3. The molecule has 0 saturated heterocycles. The molecule has 1 aromatic heterocycles. The number of nitrogens with zero attached hydrogens (tertiary/aromatic N) is 2. The summed E-state index contributed by atoms with van der Waals surface area (Å²) >= 11 is 1.27. The summed E-state index contributed by atoms with van der Waals surface area (Å²) in [5.74, 6) is -0.0127. The quantitative estimate of drug-likeness (QED) is 0.447. The molecule has 15 heavy (non-hydrogen) atoms. The highest BCUT2D eigenvalue weighted by Gasteiger charge is 2.16. The van der Waals surface area contributed by atoms with Gasteiger partial charge in [0.1, 0.15) is 5.60 Å². The first-order valence-corrected chi connectivity index (χ1v) is 5.57. The number of thioether (sulfide) groups is 1. The van der Waals surface area contributed by atoms with Crippen LogP contribution in [0.5, 0.6) is 0 Å². The van der Waals surface area contributed by atoms with Crippen LogP contribution in [0.2, 0.25) is 0 Å². The number of aromatic nitrogens is 2. The second-order valence-corrected chi connectivity index (χ2v) is 4.85. The minimum Gasteiger partial charge on any atom is -0.459 e. The first-order valence-electron chi connectivity index (χ1n) is 4.59. The fourth-order valence-electron chi connectivity index (χ4n) is 0.854. The van der Waals surface area contributed by atoms with E-state index in [0.29, 0.717) is 5.16 Å². The zero-order valence-electron chi connectivity index (χ0n) is 9.06. The monoisotopic (exact) mass is 226 g/mol. The highest BCUT2D eigenvalue weighted by Crippen LogP contribution is 2.14.